The van der Waals surface area contributed by atoms with Crippen molar-refractivity contribution in [2.45, 2.75) is 28.9 Å². The van der Waals surface area contributed by atoms with Crippen LogP contribution < -0.4 is 4.90 Å². The molecule has 0 aromatic heterocycles. The lowest BCUT2D eigenvalue weighted by Crippen LogP contribution is -2.52. The summed E-state index contributed by atoms with van der Waals surface area (Å²) in [7, 11) is -9.35. The molecule has 15 heteroatoms. The van der Waals surface area contributed by atoms with E-state index in [1.165, 1.54) is 19.1 Å². The van der Waals surface area contributed by atoms with Gasteiger partial charge in [-0.3, -0.25) is 4.90 Å². The highest BCUT2D eigenvalue weighted by molar-refractivity contribution is 7.91. The summed E-state index contributed by atoms with van der Waals surface area (Å²) in [5, 5.41) is 29.2. The van der Waals surface area contributed by atoms with Gasteiger partial charge in [0.25, 0.3) is 10.0 Å². The standard InChI is InChI=1S/C28H18F3N5O5S2/c1-17-23(16-34)26(22-11-10-18(14-32)12-25(22)42(2,38)39)36(43(40,41)24-9-4-3-6-19(24)15-33)27(37)35(17)21-8-5-7-20(13-21)28(29,30)31/h3-13,26H,1-2H3/t26-/m1/s1. The molecule has 218 valence electrons. The molecule has 0 saturated heterocycles. The molecule has 2 amide bonds. The number of urea groups is 1. The van der Waals surface area contributed by atoms with E-state index in [0.29, 0.717) is 11.0 Å². The monoisotopic (exact) mass is 625 g/mol. The van der Waals surface area contributed by atoms with Crippen LogP contribution in [0.4, 0.5) is 23.7 Å². The molecule has 1 heterocycles. The van der Waals surface area contributed by atoms with Crippen LogP contribution in [0.25, 0.3) is 0 Å². The van der Waals surface area contributed by atoms with Crippen molar-refractivity contribution in [3.8, 4) is 18.2 Å². The number of hydrogen-bond acceptors (Lipinski definition) is 8. The van der Waals surface area contributed by atoms with Crippen LogP contribution in [0.5, 0.6) is 0 Å². The van der Waals surface area contributed by atoms with Gasteiger partial charge in [-0.25, -0.2) is 25.9 Å². The van der Waals surface area contributed by atoms with Gasteiger partial charge in [-0.1, -0.05) is 24.3 Å². The van der Waals surface area contributed by atoms with Gasteiger partial charge in [0, 0.05) is 12.0 Å². The second-order valence-electron chi connectivity index (χ2n) is 9.22. The van der Waals surface area contributed by atoms with E-state index >= 15 is 0 Å². The Labute approximate surface area is 244 Å². The largest absolute Gasteiger partial charge is 0.416 e. The molecule has 0 unspecified atom stereocenters. The van der Waals surface area contributed by atoms with E-state index in [2.05, 4.69) is 0 Å². The zero-order valence-electron chi connectivity index (χ0n) is 22.2. The molecule has 10 nitrogen and oxygen atoms in total. The van der Waals surface area contributed by atoms with E-state index in [0.717, 1.165) is 54.8 Å². The van der Waals surface area contributed by atoms with Gasteiger partial charge >= 0.3 is 12.2 Å². The Balaban J connectivity index is 2.15. The van der Waals surface area contributed by atoms with Crippen molar-refractivity contribution < 1.29 is 34.8 Å². The molecule has 43 heavy (non-hydrogen) atoms. The lowest BCUT2D eigenvalue weighted by Gasteiger charge is -2.41. The number of halogens is 3. The fourth-order valence-corrected chi connectivity index (χ4v) is 7.21. The first-order valence-corrected chi connectivity index (χ1v) is 15.3. The molecule has 0 aliphatic carbocycles. The number of nitriles is 3. The molecule has 1 aliphatic heterocycles. The van der Waals surface area contributed by atoms with Gasteiger partial charge in [-0.15, -0.1) is 0 Å². The number of nitrogens with zero attached hydrogens (tertiary/aromatic N) is 5. The van der Waals surface area contributed by atoms with Crippen LogP contribution in [0.15, 0.2) is 87.8 Å². The predicted octanol–water partition coefficient (Wildman–Crippen LogP) is 5.02. The van der Waals surface area contributed by atoms with Crippen molar-refractivity contribution >= 4 is 31.6 Å². The number of sulfonamides is 1. The zero-order valence-corrected chi connectivity index (χ0v) is 23.8. The van der Waals surface area contributed by atoms with E-state index in [1.807, 2.05) is 0 Å². The summed E-state index contributed by atoms with van der Waals surface area (Å²) in [5.74, 6) is 0. The number of amides is 2. The summed E-state index contributed by atoms with van der Waals surface area (Å²) < 4.78 is 95.0. The number of alkyl halides is 3. The number of anilines is 1. The molecule has 4 rings (SSSR count). The zero-order chi connectivity index (χ0) is 31.9. The summed E-state index contributed by atoms with van der Waals surface area (Å²) in [6.45, 7) is 1.20. The van der Waals surface area contributed by atoms with Crippen molar-refractivity contribution in [3.63, 3.8) is 0 Å². The normalized spacial score (nSPS) is 16.0. The van der Waals surface area contributed by atoms with Gasteiger partial charge in [-0.2, -0.15) is 29.0 Å². The molecule has 0 radical (unpaired) electrons. The molecule has 0 N–H and O–H groups in total. The SMILES string of the molecule is CC1=C(C#N)[C@@H](c2ccc(C#N)cc2S(C)(=O)=O)N(S(=O)(=O)c2ccccc2C#N)C(=O)N1c1cccc(C(F)(F)F)c1. The molecule has 1 aliphatic rings. The minimum absolute atomic E-state index is 0.125. The van der Waals surface area contributed by atoms with E-state index in [1.54, 1.807) is 18.2 Å². The maximum Gasteiger partial charge on any atom is 0.416 e. The Morgan fingerprint density at radius 2 is 1.51 bits per heavy atom. The Morgan fingerprint density at radius 3 is 2.09 bits per heavy atom. The highest BCUT2D eigenvalue weighted by atomic mass is 32.2. The first-order valence-electron chi connectivity index (χ1n) is 12.0. The fraction of sp³-hybridized carbons (Fsp3) is 0.143. The molecule has 3 aromatic carbocycles. The average Bonchev–Trinajstić information content (AvgIpc) is 2.95. The third-order valence-corrected chi connectivity index (χ3v) is 9.50. The Bertz CT molecular complexity index is 2050. The highest BCUT2D eigenvalue weighted by Crippen LogP contribution is 2.45. The molecular formula is C28H18F3N5O5S2. The van der Waals surface area contributed by atoms with Gasteiger partial charge in [0.05, 0.1) is 45.0 Å². The van der Waals surface area contributed by atoms with Crippen molar-refractivity contribution in [2.24, 2.45) is 0 Å². The molecule has 0 saturated carbocycles. The lowest BCUT2D eigenvalue weighted by atomic mass is 9.94. The summed E-state index contributed by atoms with van der Waals surface area (Å²) in [4.78, 5) is 13.6. The first kappa shape index (κ1) is 30.8. The lowest BCUT2D eigenvalue weighted by molar-refractivity contribution is -0.137. The second kappa shape index (κ2) is 10.9. The number of rotatable bonds is 5. The molecule has 0 spiro atoms. The first-order chi connectivity index (χ1) is 20.1. The van der Waals surface area contributed by atoms with Crippen molar-refractivity contribution in [1.29, 1.82) is 15.8 Å². The molecular weight excluding hydrogens is 607 g/mol. The number of sulfone groups is 1. The van der Waals surface area contributed by atoms with E-state index < -0.39 is 70.3 Å². The number of allylic oxidation sites excluding steroid dienone is 1. The van der Waals surface area contributed by atoms with E-state index in [-0.39, 0.29) is 21.1 Å². The maximum absolute atomic E-state index is 14.2. The maximum atomic E-state index is 14.2. The molecule has 0 bridgehead atoms. The van der Waals surface area contributed by atoms with Crippen LogP contribution in [0.2, 0.25) is 0 Å². The minimum atomic E-state index is -5.12. The molecule has 0 fully saturated rings. The van der Waals surface area contributed by atoms with Gasteiger partial charge in [0.2, 0.25) is 0 Å². The third kappa shape index (κ3) is 5.42. The predicted molar refractivity (Wildman–Crippen MR) is 145 cm³/mol. The fourth-order valence-electron chi connectivity index (χ4n) is 4.62. The number of benzene rings is 3. The quantitative estimate of drug-likeness (QED) is 0.381. The van der Waals surface area contributed by atoms with Crippen molar-refractivity contribution in [2.75, 3.05) is 11.2 Å². The summed E-state index contributed by atoms with van der Waals surface area (Å²) in [6.07, 6.45) is -4.06. The third-order valence-electron chi connectivity index (χ3n) is 6.55. The van der Waals surface area contributed by atoms with Crippen LogP contribution >= 0.6 is 0 Å². The Morgan fingerprint density at radius 1 is 0.837 bits per heavy atom. The van der Waals surface area contributed by atoms with Crippen molar-refractivity contribution in [1.82, 2.24) is 4.31 Å². The topological polar surface area (TPSA) is 163 Å². The minimum Gasteiger partial charge on any atom is -0.265 e. The average molecular weight is 626 g/mol. The molecule has 1 atom stereocenters. The van der Waals surface area contributed by atoms with Crippen LogP contribution in [0.3, 0.4) is 0 Å². The summed E-state index contributed by atoms with van der Waals surface area (Å²) >= 11 is 0. The van der Waals surface area contributed by atoms with Gasteiger partial charge in [-0.05, 0) is 55.0 Å². The van der Waals surface area contributed by atoms with Crippen LogP contribution in [0, 0.1) is 34.0 Å². The number of carbonyl (C=O) groups excluding carboxylic acids is 1. The Kier molecular flexibility index (Phi) is 7.81. The second-order valence-corrected chi connectivity index (χ2v) is 13.0. The van der Waals surface area contributed by atoms with Crippen LogP contribution in [-0.4, -0.2) is 33.4 Å². The van der Waals surface area contributed by atoms with E-state index in [9.17, 15) is 50.6 Å². The van der Waals surface area contributed by atoms with Gasteiger partial charge < -0.3 is 0 Å². The van der Waals surface area contributed by atoms with Gasteiger partial charge in [0.1, 0.15) is 17.0 Å². The van der Waals surface area contributed by atoms with Crippen molar-refractivity contribution in [3.05, 3.63) is 100 Å². The smallest absolute Gasteiger partial charge is 0.265 e. The van der Waals surface area contributed by atoms with E-state index in [4.69, 9.17) is 0 Å². The molecule has 3 aromatic rings. The van der Waals surface area contributed by atoms with Crippen LogP contribution in [0.1, 0.15) is 35.2 Å². The van der Waals surface area contributed by atoms with Crippen LogP contribution in [-0.2, 0) is 26.0 Å². The number of carbonyl (C=O) groups is 1. The number of hydrogen-bond donors (Lipinski definition) is 0. The summed E-state index contributed by atoms with van der Waals surface area (Å²) in [6, 6.07) is 13.2. The summed E-state index contributed by atoms with van der Waals surface area (Å²) in [5.41, 5.74) is -3.26. The van der Waals surface area contributed by atoms with Gasteiger partial charge in [0.15, 0.2) is 9.84 Å². The highest BCUT2D eigenvalue weighted by Gasteiger charge is 2.48. The Hall–Kier alpha value is -5.17.